The second-order valence-electron chi connectivity index (χ2n) is 7.46. The van der Waals surface area contributed by atoms with Gasteiger partial charge in [0, 0.05) is 11.9 Å². The second-order valence-corrected chi connectivity index (χ2v) is 7.46. The van der Waals surface area contributed by atoms with E-state index in [-0.39, 0.29) is 0 Å². The lowest BCUT2D eigenvalue weighted by molar-refractivity contribution is 0.340. The highest BCUT2D eigenvalue weighted by atomic mass is 16.5. The summed E-state index contributed by atoms with van der Waals surface area (Å²) in [4.78, 5) is 4.66. The summed E-state index contributed by atoms with van der Waals surface area (Å²) in [7, 11) is 0. The lowest BCUT2D eigenvalue weighted by atomic mass is 10.0. The Labute approximate surface area is 166 Å². The minimum Gasteiger partial charge on any atom is -0.494 e. The van der Waals surface area contributed by atoms with Crippen molar-refractivity contribution in [2.75, 3.05) is 6.61 Å². The molecular weight excluding hydrogens is 330 g/mol. The number of aryl methyl sites for hydroxylation is 3. The highest BCUT2D eigenvalue weighted by molar-refractivity contribution is 5.28. The predicted octanol–water partition coefficient (Wildman–Crippen LogP) is 6.95. The molecule has 0 spiro atoms. The molecule has 2 heteroatoms. The van der Waals surface area contributed by atoms with E-state index < -0.39 is 0 Å². The van der Waals surface area contributed by atoms with Crippen molar-refractivity contribution in [1.29, 1.82) is 0 Å². The highest BCUT2D eigenvalue weighted by Gasteiger charge is 2.00. The van der Waals surface area contributed by atoms with Crippen molar-refractivity contribution in [1.82, 2.24) is 4.98 Å². The predicted molar refractivity (Wildman–Crippen MR) is 116 cm³/mol. The Kier molecular flexibility index (Phi) is 10.6. The molecule has 0 bridgehead atoms. The number of unbranched alkanes of at least 4 members (excludes halogenated alkanes) is 7. The summed E-state index contributed by atoms with van der Waals surface area (Å²) in [5.41, 5.74) is 3.90. The molecule has 1 heterocycles. The van der Waals surface area contributed by atoms with Crippen molar-refractivity contribution in [3.05, 3.63) is 59.4 Å². The Balaban J connectivity index is 1.61. The summed E-state index contributed by atoms with van der Waals surface area (Å²) >= 11 is 0. The maximum Gasteiger partial charge on any atom is 0.119 e. The van der Waals surface area contributed by atoms with Gasteiger partial charge < -0.3 is 4.74 Å². The van der Waals surface area contributed by atoms with Gasteiger partial charge in [0.15, 0.2) is 0 Å². The maximum atomic E-state index is 5.49. The van der Waals surface area contributed by atoms with Gasteiger partial charge in [0.25, 0.3) is 0 Å². The minimum atomic E-state index is 0.717. The number of hydrogen-bond acceptors (Lipinski definition) is 2. The molecule has 0 saturated heterocycles. The van der Waals surface area contributed by atoms with Crippen LogP contribution < -0.4 is 4.74 Å². The fourth-order valence-corrected chi connectivity index (χ4v) is 3.41. The Morgan fingerprint density at radius 2 is 1.33 bits per heavy atom. The minimum absolute atomic E-state index is 0.717. The summed E-state index contributed by atoms with van der Waals surface area (Å²) in [5.74, 6) is 0.949. The van der Waals surface area contributed by atoms with Gasteiger partial charge in [-0.15, -0.1) is 0 Å². The molecular formula is C25H37NO. The maximum absolute atomic E-state index is 5.49. The van der Waals surface area contributed by atoms with Crippen LogP contribution in [0.25, 0.3) is 0 Å². The number of rotatable bonds is 14. The van der Waals surface area contributed by atoms with E-state index in [0.717, 1.165) is 18.6 Å². The number of ether oxygens (including phenoxy) is 1. The topological polar surface area (TPSA) is 22.1 Å². The molecule has 0 aliphatic rings. The molecule has 2 nitrogen and oxygen atoms in total. The second kappa shape index (κ2) is 13.4. The number of pyridine rings is 1. The lowest BCUT2D eigenvalue weighted by Crippen LogP contribution is -1.96. The third kappa shape index (κ3) is 9.08. The molecule has 1 aromatic carbocycles. The average molecular weight is 368 g/mol. The van der Waals surface area contributed by atoms with Crippen molar-refractivity contribution < 1.29 is 4.74 Å². The molecule has 0 radical (unpaired) electrons. The molecule has 1 aromatic heterocycles. The third-order valence-corrected chi connectivity index (χ3v) is 5.11. The van der Waals surface area contributed by atoms with Crippen LogP contribution >= 0.6 is 0 Å². The number of aromatic nitrogens is 1. The van der Waals surface area contributed by atoms with E-state index in [1.807, 2.05) is 6.92 Å². The van der Waals surface area contributed by atoms with Gasteiger partial charge in [0.1, 0.15) is 5.75 Å². The van der Waals surface area contributed by atoms with E-state index in [0.29, 0.717) is 6.61 Å². The highest BCUT2D eigenvalue weighted by Crippen LogP contribution is 2.15. The van der Waals surface area contributed by atoms with Gasteiger partial charge in [-0.05, 0) is 61.9 Å². The van der Waals surface area contributed by atoms with Crippen molar-refractivity contribution in [2.45, 2.75) is 84.5 Å². The zero-order valence-corrected chi connectivity index (χ0v) is 17.4. The van der Waals surface area contributed by atoms with Gasteiger partial charge in [-0.25, -0.2) is 0 Å². The van der Waals surface area contributed by atoms with Crippen LogP contribution in [0.3, 0.4) is 0 Å². The van der Waals surface area contributed by atoms with Gasteiger partial charge in [-0.3, -0.25) is 4.98 Å². The summed E-state index contributed by atoms with van der Waals surface area (Å²) in [6.45, 7) is 5.01. The first kappa shape index (κ1) is 21.5. The first-order valence-electron chi connectivity index (χ1n) is 11.0. The SMILES string of the molecule is CCCCCCCCCCc1ccc(CCc2ccc(OCC)cc2)nc1. The van der Waals surface area contributed by atoms with Crippen LogP contribution in [-0.4, -0.2) is 11.6 Å². The van der Waals surface area contributed by atoms with E-state index in [4.69, 9.17) is 4.74 Å². The molecule has 148 valence electrons. The monoisotopic (exact) mass is 367 g/mol. The Morgan fingerprint density at radius 3 is 1.96 bits per heavy atom. The number of hydrogen-bond donors (Lipinski definition) is 0. The summed E-state index contributed by atoms with van der Waals surface area (Å²) in [6, 6.07) is 12.9. The third-order valence-electron chi connectivity index (χ3n) is 5.11. The van der Waals surface area contributed by atoms with Gasteiger partial charge >= 0.3 is 0 Å². The van der Waals surface area contributed by atoms with E-state index in [2.05, 4.69) is 54.5 Å². The molecule has 0 N–H and O–H groups in total. The van der Waals surface area contributed by atoms with Crippen LogP contribution in [0.5, 0.6) is 5.75 Å². The van der Waals surface area contributed by atoms with Crippen molar-refractivity contribution >= 4 is 0 Å². The van der Waals surface area contributed by atoms with Crippen LogP contribution in [-0.2, 0) is 19.3 Å². The molecule has 0 unspecified atom stereocenters. The molecule has 0 saturated carbocycles. The summed E-state index contributed by atoms with van der Waals surface area (Å²) < 4.78 is 5.49. The first-order valence-corrected chi connectivity index (χ1v) is 11.0. The van der Waals surface area contributed by atoms with E-state index in [1.165, 1.54) is 74.6 Å². The van der Waals surface area contributed by atoms with Crippen molar-refractivity contribution in [3.63, 3.8) is 0 Å². The van der Waals surface area contributed by atoms with Gasteiger partial charge in [0.2, 0.25) is 0 Å². The molecule has 27 heavy (non-hydrogen) atoms. The fraction of sp³-hybridized carbons (Fsp3) is 0.560. The molecule has 0 atom stereocenters. The zero-order chi connectivity index (χ0) is 19.2. The normalized spacial score (nSPS) is 10.9. The van der Waals surface area contributed by atoms with Gasteiger partial charge in [-0.1, -0.05) is 70.1 Å². The van der Waals surface area contributed by atoms with E-state index in [9.17, 15) is 0 Å². The van der Waals surface area contributed by atoms with Gasteiger partial charge in [-0.2, -0.15) is 0 Å². The molecule has 0 fully saturated rings. The smallest absolute Gasteiger partial charge is 0.119 e. The Morgan fingerprint density at radius 1 is 0.667 bits per heavy atom. The molecule has 2 rings (SSSR count). The quantitative estimate of drug-likeness (QED) is 0.337. The van der Waals surface area contributed by atoms with Crippen molar-refractivity contribution in [2.24, 2.45) is 0 Å². The average Bonchev–Trinajstić information content (AvgIpc) is 2.70. The summed E-state index contributed by atoms with van der Waals surface area (Å²) in [6.07, 6.45) is 16.3. The number of nitrogens with zero attached hydrogens (tertiary/aromatic N) is 1. The summed E-state index contributed by atoms with van der Waals surface area (Å²) in [5, 5.41) is 0. The molecule has 0 aliphatic heterocycles. The lowest BCUT2D eigenvalue weighted by Gasteiger charge is -2.06. The Bertz CT molecular complexity index is 603. The Hall–Kier alpha value is -1.83. The van der Waals surface area contributed by atoms with Crippen LogP contribution in [0.15, 0.2) is 42.6 Å². The zero-order valence-electron chi connectivity index (χ0n) is 17.4. The molecule has 0 amide bonds. The van der Waals surface area contributed by atoms with Crippen molar-refractivity contribution in [3.8, 4) is 5.75 Å². The van der Waals surface area contributed by atoms with Crippen LogP contribution in [0, 0.1) is 0 Å². The van der Waals surface area contributed by atoms with Crippen LogP contribution in [0.2, 0.25) is 0 Å². The van der Waals surface area contributed by atoms with Gasteiger partial charge in [0.05, 0.1) is 6.61 Å². The van der Waals surface area contributed by atoms with E-state index >= 15 is 0 Å². The molecule has 0 aliphatic carbocycles. The van der Waals surface area contributed by atoms with Crippen LogP contribution in [0.1, 0.15) is 82.0 Å². The largest absolute Gasteiger partial charge is 0.494 e. The van der Waals surface area contributed by atoms with E-state index in [1.54, 1.807) is 0 Å². The molecule has 2 aromatic rings. The number of benzene rings is 1. The standard InChI is InChI=1S/C25H37NO/c1-3-5-6-7-8-9-10-11-12-23-14-18-24(26-21-23)17-13-22-15-19-25(20-16-22)27-4-2/h14-16,18-21H,3-13,17H2,1-2H3. The first-order chi connectivity index (χ1) is 13.3. The fourth-order valence-electron chi connectivity index (χ4n) is 3.41. The van der Waals surface area contributed by atoms with Crippen LogP contribution in [0.4, 0.5) is 0 Å².